The molecular weight excluding hydrogens is 352 g/mol. The van der Waals surface area contributed by atoms with Gasteiger partial charge in [0.2, 0.25) is 0 Å². The van der Waals surface area contributed by atoms with Crippen LogP contribution in [0.3, 0.4) is 0 Å². The fraction of sp³-hybridized carbons (Fsp3) is 0.400. The second-order valence-electron chi connectivity index (χ2n) is 6.63. The molecule has 0 bridgehead atoms. The van der Waals surface area contributed by atoms with Gasteiger partial charge in [0.25, 0.3) is 0 Å². The van der Waals surface area contributed by atoms with E-state index in [4.69, 9.17) is 21.1 Å². The van der Waals surface area contributed by atoms with E-state index in [9.17, 15) is 4.79 Å². The Morgan fingerprint density at radius 3 is 2.92 bits per heavy atom. The van der Waals surface area contributed by atoms with Crippen molar-refractivity contribution < 1.29 is 14.3 Å². The Bertz CT molecular complexity index is 840. The molecule has 1 aliphatic heterocycles. The second kappa shape index (κ2) is 8.06. The topological polar surface area (TPSA) is 53.4 Å². The first kappa shape index (κ1) is 18.7. The number of halogens is 1. The summed E-state index contributed by atoms with van der Waals surface area (Å²) in [5.41, 5.74) is 4.57. The van der Waals surface area contributed by atoms with E-state index in [0.29, 0.717) is 36.2 Å². The highest BCUT2D eigenvalue weighted by molar-refractivity contribution is 6.31. The highest BCUT2D eigenvalue weighted by Crippen LogP contribution is 2.30. The van der Waals surface area contributed by atoms with E-state index in [2.05, 4.69) is 18.9 Å². The van der Waals surface area contributed by atoms with E-state index in [-0.39, 0.29) is 6.04 Å². The van der Waals surface area contributed by atoms with Gasteiger partial charge in [-0.15, -0.1) is 0 Å². The predicted octanol–water partition coefficient (Wildman–Crippen LogP) is 4.49. The summed E-state index contributed by atoms with van der Waals surface area (Å²) >= 11 is 6.10. The Hall–Kier alpha value is -2.11. The molecule has 5 nitrogen and oxygen atoms in total. The van der Waals surface area contributed by atoms with Crippen LogP contribution < -0.4 is 4.74 Å². The third kappa shape index (κ3) is 3.69. The fourth-order valence-corrected chi connectivity index (χ4v) is 3.28. The number of hydrogen-bond donors (Lipinski definition) is 0. The van der Waals surface area contributed by atoms with E-state index in [1.54, 1.807) is 12.1 Å². The molecular formula is C20H23ClN2O3. The number of benzene rings is 1. The van der Waals surface area contributed by atoms with Crippen molar-refractivity contribution in [3.63, 3.8) is 0 Å². The Morgan fingerprint density at radius 2 is 2.19 bits per heavy atom. The van der Waals surface area contributed by atoms with E-state index in [1.807, 2.05) is 23.9 Å². The van der Waals surface area contributed by atoms with Crippen molar-refractivity contribution in [3.8, 4) is 5.75 Å². The molecule has 1 aromatic heterocycles. The lowest BCUT2D eigenvalue weighted by Gasteiger charge is -2.23. The molecule has 0 amide bonds. The smallest absolute Gasteiger partial charge is 0.154 e. The molecule has 0 saturated carbocycles. The summed E-state index contributed by atoms with van der Waals surface area (Å²) in [7, 11) is 0. The molecule has 0 fully saturated rings. The lowest BCUT2D eigenvalue weighted by atomic mass is 10.0. The molecule has 1 aromatic carbocycles. The van der Waals surface area contributed by atoms with Gasteiger partial charge < -0.3 is 9.47 Å². The van der Waals surface area contributed by atoms with Gasteiger partial charge in [0.1, 0.15) is 12.4 Å². The average molecular weight is 375 g/mol. The van der Waals surface area contributed by atoms with Crippen LogP contribution in [0, 0.1) is 6.92 Å². The molecule has 26 heavy (non-hydrogen) atoms. The third-order valence-electron chi connectivity index (χ3n) is 4.62. The minimum atomic E-state index is 0.261. The largest absolute Gasteiger partial charge is 0.488 e. The minimum Gasteiger partial charge on any atom is -0.488 e. The molecule has 0 unspecified atom stereocenters. The zero-order valence-electron chi connectivity index (χ0n) is 15.3. The van der Waals surface area contributed by atoms with Crippen molar-refractivity contribution in [3.05, 3.63) is 51.8 Å². The maximum Gasteiger partial charge on any atom is 0.154 e. The summed E-state index contributed by atoms with van der Waals surface area (Å²) in [6, 6.07) is 5.77. The van der Waals surface area contributed by atoms with Gasteiger partial charge in [-0.2, -0.15) is 5.10 Å². The van der Waals surface area contributed by atoms with E-state index in [0.717, 1.165) is 29.5 Å². The monoisotopic (exact) mass is 374 g/mol. The Balaban J connectivity index is 1.90. The number of aromatic nitrogens is 2. The quantitative estimate of drug-likeness (QED) is 0.699. The van der Waals surface area contributed by atoms with Gasteiger partial charge >= 0.3 is 0 Å². The van der Waals surface area contributed by atoms with Gasteiger partial charge in [0.05, 0.1) is 24.5 Å². The summed E-state index contributed by atoms with van der Waals surface area (Å²) in [6.45, 7) is 7.63. The first-order valence-corrected chi connectivity index (χ1v) is 9.10. The maximum absolute atomic E-state index is 11.4. The summed E-state index contributed by atoms with van der Waals surface area (Å²) in [5.74, 6) is 0.553. The predicted molar refractivity (Wildman–Crippen MR) is 102 cm³/mol. The lowest BCUT2D eigenvalue weighted by Crippen LogP contribution is -2.18. The molecule has 6 heteroatoms. The van der Waals surface area contributed by atoms with Gasteiger partial charge in [0, 0.05) is 22.8 Å². The maximum atomic E-state index is 11.4. The molecule has 2 heterocycles. The van der Waals surface area contributed by atoms with Gasteiger partial charge in [0.15, 0.2) is 6.29 Å². The Labute approximate surface area is 158 Å². The molecule has 0 spiro atoms. The SMILES string of the molecule is Cc1c(Cl)ccc(OCC2=C(c3ccnn3C(C)C)COCC2)c1C=O. The minimum absolute atomic E-state index is 0.261. The summed E-state index contributed by atoms with van der Waals surface area (Å²) in [4.78, 5) is 11.4. The van der Waals surface area contributed by atoms with Crippen molar-refractivity contribution in [1.29, 1.82) is 0 Å². The molecule has 0 radical (unpaired) electrons. The average Bonchev–Trinajstić information content (AvgIpc) is 3.13. The molecule has 0 N–H and O–H groups in total. The normalized spacial score (nSPS) is 14.8. The highest BCUT2D eigenvalue weighted by atomic mass is 35.5. The number of carbonyl (C=O) groups is 1. The van der Waals surface area contributed by atoms with Crippen molar-refractivity contribution in [2.45, 2.75) is 33.2 Å². The van der Waals surface area contributed by atoms with Crippen LogP contribution in [0.5, 0.6) is 5.75 Å². The molecule has 0 atom stereocenters. The van der Waals surface area contributed by atoms with Crippen LogP contribution in [0.1, 0.15) is 47.9 Å². The zero-order chi connectivity index (χ0) is 18.7. The third-order valence-corrected chi connectivity index (χ3v) is 5.03. The van der Waals surface area contributed by atoms with Gasteiger partial charge in [-0.25, -0.2) is 0 Å². The highest BCUT2D eigenvalue weighted by Gasteiger charge is 2.20. The summed E-state index contributed by atoms with van der Waals surface area (Å²) in [5, 5.41) is 4.98. The Kier molecular flexibility index (Phi) is 5.79. The van der Waals surface area contributed by atoms with Crippen molar-refractivity contribution in [2.75, 3.05) is 19.8 Å². The number of carbonyl (C=O) groups excluding carboxylic acids is 1. The van der Waals surface area contributed by atoms with Crippen LogP contribution in [0.2, 0.25) is 5.02 Å². The number of rotatable bonds is 6. The van der Waals surface area contributed by atoms with E-state index < -0.39 is 0 Å². The van der Waals surface area contributed by atoms with Crippen molar-refractivity contribution >= 4 is 23.5 Å². The molecule has 3 rings (SSSR count). The van der Waals surface area contributed by atoms with Crippen molar-refractivity contribution in [1.82, 2.24) is 9.78 Å². The summed E-state index contributed by atoms with van der Waals surface area (Å²) in [6.07, 6.45) is 3.40. The number of hydrogen-bond acceptors (Lipinski definition) is 4. The van der Waals surface area contributed by atoms with Crippen LogP contribution in [-0.2, 0) is 4.74 Å². The lowest BCUT2D eigenvalue weighted by molar-refractivity contribution is 0.111. The summed E-state index contributed by atoms with van der Waals surface area (Å²) < 4.78 is 13.7. The van der Waals surface area contributed by atoms with Crippen LogP contribution in [0.4, 0.5) is 0 Å². The first-order valence-electron chi connectivity index (χ1n) is 8.72. The van der Waals surface area contributed by atoms with E-state index >= 15 is 0 Å². The molecule has 2 aromatic rings. The van der Waals surface area contributed by atoms with Crippen molar-refractivity contribution in [2.24, 2.45) is 0 Å². The zero-order valence-corrected chi connectivity index (χ0v) is 16.0. The fourth-order valence-electron chi connectivity index (χ4n) is 3.12. The van der Waals surface area contributed by atoms with Gasteiger partial charge in [-0.05, 0) is 56.5 Å². The van der Waals surface area contributed by atoms with Crippen LogP contribution >= 0.6 is 11.6 Å². The van der Waals surface area contributed by atoms with Crippen LogP contribution in [0.15, 0.2) is 30.0 Å². The molecule has 0 saturated heterocycles. The van der Waals surface area contributed by atoms with Gasteiger partial charge in [-0.1, -0.05) is 11.6 Å². The number of aldehydes is 1. The number of ether oxygens (including phenoxy) is 2. The van der Waals surface area contributed by atoms with Gasteiger partial charge in [-0.3, -0.25) is 9.48 Å². The standard InChI is InChI=1S/C20H23ClN2O3/c1-13(2)23-19(6-8-22-23)17-12-25-9-7-15(17)11-26-20-5-4-18(21)14(3)16(20)10-24/h4-6,8,10,13H,7,9,11-12H2,1-3H3. The second-order valence-corrected chi connectivity index (χ2v) is 7.04. The Morgan fingerprint density at radius 1 is 1.38 bits per heavy atom. The van der Waals surface area contributed by atoms with E-state index in [1.165, 1.54) is 5.57 Å². The van der Waals surface area contributed by atoms with Crippen LogP contribution in [-0.4, -0.2) is 35.9 Å². The molecule has 0 aliphatic carbocycles. The molecule has 1 aliphatic rings. The molecule has 138 valence electrons. The first-order chi connectivity index (χ1) is 12.5. The van der Waals surface area contributed by atoms with Crippen LogP contribution in [0.25, 0.3) is 5.57 Å². The number of nitrogens with zero attached hydrogens (tertiary/aromatic N) is 2.